The predicted molar refractivity (Wildman–Crippen MR) is 149 cm³/mol. The highest BCUT2D eigenvalue weighted by atomic mass is 16.5. The highest BCUT2D eigenvalue weighted by Crippen LogP contribution is 2.43. The van der Waals surface area contributed by atoms with Crippen LogP contribution >= 0.6 is 0 Å². The number of nitrogens with one attached hydrogen (secondary N) is 1. The molecule has 1 aliphatic heterocycles. The quantitative estimate of drug-likeness (QED) is 0.292. The van der Waals surface area contributed by atoms with Gasteiger partial charge in [0.1, 0.15) is 17.7 Å². The van der Waals surface area contributed by atoms with Gasteiger partial charge in [0.05, 0.1) is 30.9 Å². The van der Waals surface area contributed by atoms with E-state index in [1.807, 2.05) is 59.3 Å². The lowest BCUT2D eigenvalue weighted by atomic mass is 10.0. The number of benzene rings is 4. The van der Waals surface area contributed by atoms with Crippen molar-refractivity contribution in [1.29, 1.82) is 0 Å². The first-order valence-corrected chi connectivity index (χ1v) is 12.5. The number of hydrogen-bond acceptors (Lipinski definition) is 5. The van der Waals surface area contributed by atoms with E-state index < -0.39 is 0 Å². The lowest BCUT2D eigenvalue weighted by Gasteiger charge is -2.30. The molecule has 0 unspecified atom stereocenters. The Hall–Kier alpha value is -5.04. The number of fused-ring (bicyclic) bond motifs is 5. The van der Waals surface area contributed by atoms with Crippen LogP contribution in [0, 0.1) is 0 Å². The Morgan fingerprint density at radius 2 is 1.55 bits per heavy atom. The van der Waals surface area contributed by atoms with Gasteiger partial charge in [0.15, 0.2) is 11.5 Å². The molecule has 6 aromatic rings. The topological polar surface area (TPSA) is 66.1 Å². The second kappa shape index (κ2) is 8.81. The number of methoxy groups -OCH3 is 2. The molecule has 0 radical (unpaired) electrons. The van der Waals surface area contributed by atoms with Crippen LogP contribution in [0.25, 0.3) is 39.4 Å². The smallest absolute Gasteiger partial charge is 0.161 e. The van der Waals surface area contributed by atoms with Crippen LogP contribution in [0.5, 0.6) is 11.5 Å². The molecule has 3 heterocycles. The van der Waals surface area contributed by atoms with Gasteiger partial charge in [-0.3, -0.25) is 4.57 Å². The Balaban J connectivity index is 1.49. The first-order chi connectivity index (χ1) is 18.7. The fourth-order valence-electron chi connectivity index (χ4n) is 5.24. The summed E-state index contributed by atoms with van der Waals surface area (Å²) < 4.78 is 15.3. The maximum absolute atomic E-state index is 5.63. The number of imidazole rings is 1. The Morgan fingerprint density at radius 3 is 2.39 bits per heavy atom. The van der Waals surface area contributed by atoms with Crippen LogP contribution in [0.4, 0.5) is 5.69 Å². The molecule has 4 aromatic carbocycles. The number of aromatic nitrogens is 4. The summed E-state index contributed by atoms with van der Waals surface area (Å²) in [6, 6.07) is 32.6. The van der Waals surface area contributed by atoms with Crippen molar-refractivity contribution in [1.82, 2.24) is 19.3 Å². The van der Waals surface area contributed by atoms with E-state index in [0.29, 0.717) is 11.5 Å². The van der Waals surface area contributed by atoms with Crippen LogP contribution in [-0.4, -0.2) is 33.6 Å². The summed E-state index contributed by atoms with van der Waals surface area (Å²) in [6.45, 7) is 0. The lowest BCUT2D eigenvalue weighted by Crippen LogP contribution is -2.25. The van der Waals surface area contributed by atoms with E-state index in [0.717, 1.165) is 50.6 Å². The van der Waals surface area contributed by atoms with E-state index in [1.165, 1.54) is 0 Å². The van der Waals surface area contributed by atoms with Gasteiger partial charge in [-0.25, -0.2) is 9.67 Å². The summed E-state index contributed by atoms with van der Waals surface area (Å²) >= 11 is 0. The van der Waals surface area contributed by atoms with Gasteiger partial charge in [-0.15, -0.1) is 0 Å². The maximum atomic E-state index is 5.63. The van der Waals surface area contributed by atoms with Crippen molar-refractivity contribution in [2.75, 3.05) is 19.5 Å². The standard InChI is InChI=1S/C31H25N5O2/c1-37-27-17-16-20(18-28(27)38-2)29-23(19-35(34-29)21-10-4-3-5-11-21)31-32-24-13-7-6-12-22(24)30-33-25-14-8-9-15-26(25)36(30)31/h3-19,31-32H,1-2H3/t31-/m0/s1. The molecule has 0 saturated heterocycles. The summed E-state index contributed by atoms with van der Waals surface area (Å²) in [6.07, 6.45) is 1.86. The minimum absolute atomic E-state index is 0.243. The van der Waals surface area contributed by atoms with Gasteiger partial charge in [-0.05, 0) is 54.6 Å². The van der Waals surface area contributed by atoms with Crippen molar-refractivity contribution in [3.63, 3.8) is 0 Å². The normalized spacial score (nSPS) is 14.0. The Morgan fingerprint density at radius 1 is 0.789 bits per heavy atom. The zero-order valence-corrected chi connectivity index (χ0v) is 21.0. The molecule has 0 spiro atoms. The Kier molecular flexibility index (Phi) is 5.14. The fraction of sp³-hybridized carbons (Fsp3) is 0.0968. The van der Waals surface area contributed by atoms with E-state index in [2.05, 4.69) is 58.5 Å². The van der Waals surface area contributed by atoms with Crippen molar-refractivity contribution < 1.29 is 9.47 Å². The number of rotatable bonds is 5. The molecule has 7 heteroatoms. The molecule has 0 fully saturated rings. The van der Waals surface area contributed by atoms with E-state index >= 15 is 0 Å². The van der Waals surface area contributed by atoms with Gasteiger partial charge in [-0.1, -0.05) is 42.5 Å². The van der Waals surface area contributed by atoms with Gasteiger partial charge in [0.25, 0.3) is 0 Å². The Bertz CT molecular complexity index is 1790. The second-order valence-electron chi connectivity index (χ2n) is 9.17. The first kappa shape index (κ1) is 22.2. The zero-order chi connectivity index (χ0) is 25.6. The highest BCUT2D eigenvalue weighted by molar-refractivity contribution is 5.87. The molecule has 0 bridgehead atoms. The SMILES string of the molecule is COc1ccc(-c2nn(-c3ccccc3)cc2[C@H]2Nc3ccccc3-c3nc4ccccc4n32)cc1OC. The van der Waals surface area contributed by atoms with Crippen molar-refractivity contribution in [3.8, 4) is 39.8 Å². The predicted octanol–water partition coefficient (Wildman–Crippen LogP) is 6.55. The van der Waals surface area contributed by atoms with Crippen molar-refractivity contribution in [2.45, 2.75) is 6.17 Å². The van der Waals surface area contributed by atoms with Crippen LogP contribution in [0.15, 0.2) is 103 Å². The Labute approximate surface area is 219 Å². The number of anilines is 1. The third-order valence-corrected chi connectivity index (χ3v) is 7.03. The molecule has 38 heavy (non-hydrogen) atoms. The molecular formula is C31H25N5O2. The number of ether oxygens (including phenoxy) is 2. The minimum atomic E-state index is -0.243. The maximum Gasteiger partial charge on any atom is 0.161 e. The van der Waals surface area contributed by atoms with Gasteiger partial charge in [0, 0.05) is 28.6 Å². The van der Waals surface area contributed by atoms with Crippen LogP contribution in [0.1, 0.15) is 11.7 Å². The van der Waals surface area contributed by atoms with E-state index in [1.54, 1.807) is 14.2 Å². The average molecular weight is 500 g/mol. The number of para-hydroxylation sites is 4. The highest BCUT2D eigenvalue weighted by Gasteiger charge is 2.31. The van der Waals surface area contributed by atoms with E-state index in [-0.39, 0.29) is 6.17 Å². The van der Waals surface area contributed by atoms with E-state index in [9.17, 15) is 0 Å². The molecule has 1 atom stereocenters. The van der Waals surface area contributed by atoms with Crippen molar-refractivity contribution >= 4 is 16.7 Å². The fourth-order valence-corrected chi connectivity index (χ4v) is 5.24. The minimum Gasteiger partial charge on any atom is -0.493 e. The summed E-state index contributed by atoms with van der Waals surface area (Å²) in [7, 11) is 3.29. The molecule has 1 N–H and O–H groups in total. The van der Waals surface area contributed by atoms with Gasteiger partial charge < -0.3 is 14.8 Å². The molecule has 7 rings (SSSR count). The third-order valence-electron chi connectivity index (χ3n) is 7.03. The van der Waals surface area contributed by atoms with E-state index in [4.69, 9.17) is 19.6 Å². The van der Waals surface area contributed by atoms with Gasteiger partial charge in [0.2, 0.25) is 0 Å². The number of hydrogen-bond donors (Lipinski definition) is 1. The largest absolute Gasteiger partial charge is 0.493 e. The van der Waals surface area contributed by atoms with Crippen LogP contribution in [0.3, 0.4) is 0 Å². The molecule has 1 aliphatic rings. The van der Waals surface area contributed by atoms with Crippen molar-refractivity contribution in [2.24, 2.45) is 0 Å². The first-order valence-electron chi connectivity index (χ1n) is 12.5. The third kappa shape index (κ3) is 3.43. The summed E-state index contributed by atoms with van der Waals surface area (Å²) in [5, 5.41) is 8.88. The molecule has 2 aromatic heterocycles. The molecular weight excluding hydrogens is 474 g/mol. The molecule has 0 aliphatic carbocycles. The number of nitrogens with zero attached hydrogens (tertiary/aromatic N) is 4. The zero-order valence-electron chi connectivity index (χ0n) is 21.0. The lowest BCUT2D eigenvalue weighted by molar-refractivity contribution is 0.355. The van der Waals surface area contributed by atoms with Gasteiger partial charge >= 0.3 is 0 Å². The van der Waals surface area contributed by atoms with Crippen molar-refractivity contribution in [3.05, 3.63) is 109 Å². The molecule has 0 amide bonds. The summed E-state index contributed by atoms with van der Waals surface area (Å²) in [4.78, 5) is 5.05. The molecule has 186 valence electrons. The monoisotopic (exact) mass is 499 g/mol. The summed E-state index contributed by atoms with van der Waals surface area (Å²) in [5.74, 6) is 2.25. The molecule has 0 saturated carbocycles. The molecule has 7 nitrogen and oxygen atoms in total. The van der Waals surface area contributed by atoms with Crippen LogP contribution < -0.4 is 14.8 Å². The average Bonchev–Trinajstić information content (AvgIpc) is 3.60. The van der Waals surface area contributed by atoms with Crippen LogP contribution in [0.2, 0.25) is 0 Å². The second-order valence-corrected chi connectivity index (χ2v) is 9.17. The van der Waals surface area contributed by atoms with Gasteiger partial charge in [-0.2, -0.15) is 5.10 Å². The summed E-state index contributed by atoms with van der Waals surface area (Å²) in [5.41, 5.74) is 7.88. The van der Waals surface area contributed by atoms with Crippen LogP contribution in [-0.2, 0) is 0 Å².